The monoisotopic (exact) mass is 293 g/mol. The highest BCUT2D eigenvalue weighted by molar-refractivity contribution is 6.07. The Kier molecular flexibility index (Phi) is 3.86. The third-order valence-corrected chi connectivity index (χ3v) is 4.90. The van der Waals surface area contributed by atoms with E-state index in [4.69, 9.17) is 16.2 Å². The van der Waals surface area contributed by atoms with Crippen molar-refractivity contribution in [3.05, 3.63) is 12.2 Å². The van der Waals surface area contributed by atoms with Crippen LogP contribution in [-0.4, -0.2) is 48.1 Å². The number of hydrogen-bond donors (Lipinski definition) is 2. The normalized spacial score (nSPS) is 36.9. The second kappa shape index (κ2) is 5.51. The first-order chi connectivity index (χ1) is 10.1. The summed E-state index contributed by atoms with van der Waals surface area (Å²) in [6.07, 6.45) is 7.33. The largest absolute Gasteiger partial charge is 0.361 e. The zero-order chi connectivity index (χ0) is 15.0. The van der Waals surface area contributed by atoms with Gasteiger partial charge in [0.2, 0.25) is 11.8 Å². The lowest BCUT2D eigenvalue weighted by Crippen LogP contribution is -2.46. The number of unbranched alkanes of at least 4 members (excludes halogenated alkanes) is 3. The van der Waals surface area contributed by atoms with Gasteiger partial charge in [-0.1, -0.05) is 25.0 Å². The maximum Gasteiger partial charge on any atom is 0.236 e. The number of likely N-dealkylation sites (tertiary alicyclic amines) is 1. The number of carbonyl (C=O) groups excluding carboxylic acids is 2. The van der Waals surface area contributed by atoms with E-state index in [0.717, 1.165) is 25.7 Å². The van der Waals surface area contributed by atoms with Crippen LogP contribution in [0, 0.1) is 11.8 Å². The van der Waals surface area contributed by atoms with E-state index in [1.165, 1.54) is 4.90 Å². The van der Waals surface area contributed by atoms with Crippen LogP contribution in [0.2, 0.25) is 0 Å². The molecule has 4 unspecified atom stereocenters. The van der Waals surface area contributed by atoms with Gasteiger partial charge >= 0.3 is 0 Å². The van der Waals surface area contributed by atoms with E-state index in [2.05, 4.69) is 0 Å². The van der Waals surface area contributed by atoms with Crippen LogP contribution in [0.15, 0.2) is 12.2 Å². The first-order valence-electron chi connectivity index (χ1n) is 7.77. The molecule has 6 nitrogen and oxygen atoms in total. The second-order valence-electron chi connectivity index (χ2n) is 6.14. The standard InChI is InChI=1S/C15H23N3O3/c16-7-3-1-2-4-8-18-13(19)11-10-5-6-15(9-17,21-10)12(11)14(18)20/h5-6,10-12H,1-4,7-9,16-17H2. The van der Waals surface area contributed by atoms with Crippen molar-refractivity contribution in [3.8, 4) is 0 Å². The number of fused-ring (bicyclic) bond motifs is 5. The van der Waals surface area contributed by atoms with Crippen molar-refractivity contribution in [1.82, 2.24) is 4.90 Å². The number of nitrogens with two attached hydrogens (primary N) is 2. The summed E-state index contributed by atoms with van der Waals surface area (Å²) in [6.45, 7) is 1.43. The zero-order valence-corrected chi connectivity index (χ0v) is 12.2. The molecule has 0 spiro atoms. The molecule has 0 aromatic heterocycles. The minimum atomic E-state index is -0.754. The fourth-order valence-corrected chi connectivity index (χ4v) is 3.79. The van der Waals surface area contributed by atoms with Gasteiger partial charge < -0.3 is 16.2 Å². The Hall–Kier alpha value is -1.24. The van der Waals surface area contributed by atoms with Crippen molar-refractivity contribution in [3.63, 3.8) is 0 Å². The Morgan fingerprint density at radius 1 is 1.14 bits per heavy atom. The van der Waals surface area contributed by atoms with Crippen LogP contribution in [0.1, 0.15) is 25.7 Å². The van der Waals surface area contributed by atoms with Gasteiger partial charge in [-0.25, -0.2) is 0 Å². The molecule has 0 aliphatic carbocycles. The Bertz CT molecular complexity index is 479. The fourth-order valence-electron chi connectivity index (χ4n) is 3.79. The topological polar surface area (TPSA) is 98.7 Å². The fraction of sp³-hybridized carbons (Fsp3) is 0.733. The van der Waals surface area contributed by atoms with Crippen LogP contribution in [0.25, 0.3) is 0 Å². The van der Waals surface area contributed by atoms with Crippen molar-refractivity contribution in [2.75, 3.05) is 19.6 Å². The molecule has 0 aromatic carbocycles. The van der Waals surface area contributed by atoms with Gasteiger partial charge in [0, 0.05) is 13.1 Å². The Morgan fingerprint density at radius 2 is 1.90 bits per heavy atom. The number of amides is 2. The number of carbonyl (C=O) groups is 2. The highest BCUT2D eigenvalue weighted by Gasteiger charge is 2.66. The van der Waals surface area contributed by atoms with Crippen LogP contribution in [0.3, 0.4) is 0 Å². The van der Waals surface area contributed by atoms with E-state index in [1.807, 2.05) is 12.2 Å². The van der Waals surface area contributed by atoms with Crippen molar-refractivity contribution in [2.24, 2.45) is 23.3 Å². The van der Waals surface area contributed by atoms with Gasteiger partial charge in [-0.3, -0.25) is 14.5 Å². The van der Waals surface area contributed by atoms with E-state index in [1.54, 1.807) is 0 Å². The molecular weight excluding hydrogens is 270 g/mol. The average molecular weight is 293 g/mol. The van der Waals surface area contributed by atoms with Crippen molar-refractivity contribution in [2.45, 2.75) is 37.4 Å². The lowest BCUT2D eigenvalue weighted by molar-refractivity contribution is -0.144. The number of imide groups is 1. The molecule has 4 atom stereocenters. The molecule has 21 heavy (non-hydrogen) atoms. The molecule has 2 fully saturated rings. The number of hydrogen-bond acceptors (Lipinski definition) is 5. The lowest BCUT2D eigenvalue weighted by atomic mass is 9.77. The molecule has 116 valence electrons. The lowest BCUT2D eigenvalue weighted by Gasteiger charge is -2.27. The molecule has 0 saturated carbocycles. The molecule has 3 heterocycles. The first kappa shape index (κ1) is 14.7. The van der Waals surface area contributed by atoms with Gasteiger partial charge in [-0.15, -0.1) is 0 Å². The van der Waals surface area contributed by atoms with Gasteiger partial charge in [0.1, 0.15) is 5.60 Å². The SMILES string of the molecule is NCCCCCCN1C(=O)C2C3C=CC(CN)(O3)C2C1=O. The van der Waals surface area contributed by atoms with Crippen LogP contribution >= 0.6 is 0 Å². The molecule has 3 aliphatic rings. The summed E-state index contributed by atoms with van der Waals surface area (Å²) < 4.78 is 5.80. The summed E-state index contributed by atoms with van der Waals surface area (Å²) in [6, 6.07) is 0. The molecule has 2 amide bonds. The predicted molar refractivity (Wildman–Crippen MR) is 77.0 cm³/mol. The van der Waals surface area contributed by atoms with E-state index < -0.39 is 11.5 Å². The third-order valence-electron chi connectivity index (χ3n) is 4.90. The van der Waals surface area contributed by atoms with Gasteiger partial charge in [0.15, 0.2) is 0 Å². The minimum absolute atomic E-state index is 0.0894. The van der Waals surface area contributed by atoms with Crippen LogP contribution in [0.4, 0.5) is 0 Å². The van der Waals surface area contributed by atoms with Crippen LogP contribution < -0.4 is 11.5 Å². The van der Waals surface area contributed by atoms with Gasteiger partial charge in [-0.05, 0) is 19.4 Å². The smallest absolute Gasteiger partial charge is 0.236 e. The number of ether oxygens (including phenoxy) is 1. The highest BCUT2D eigenvalue weighted by Crippen LogP contribution is 2.51. The Labute approximate surface area is 124 Å². The average Bonchev–Trinajstić information content (AvgIpc) is 3.12. The molecule has 2 bridgehead atoms. The number of rotatable bonds is 7. The van der Waals surface area contributed by atoms with Gasteiger partial charge in [0.25, 0.3) is 0 Å². The van der Waals surface area contributed by atoms with Gasteiger partial charge in [0.05, 0.1) is 17.9 Å². The second-order valence-corrected chi connectivity index (χ2v) is 6.14. The Morgan fingerprint density at radius 3 is 2.62 bits per heavy atom. The first-order valence-corrected chi connectivity index (χ1v) is 7.77. The van der Waals surface area contributed by atoms with Crippen LogP contribution in [-0.2, 0) is 14.3 Å². The minimum Gasteiger partial charge on any atom is -0.361 e. The molecular formula is C15H23N3O3. The predicted octanol–water partition coefficient (Wildman–Crippen LogP) is -0.227. The molecule has 3 aliphatic heterocycles. The molecule has 3 rings (SSSR count). The Balaban J connectivity index is 1.65. The quantitative estimate of drug-likeness (QED) is 0.384. The van der Waals surface area contributed by atoms with E-state index in [9.17, 15) is 9.59 Å². The van der Waals surface area contributed by atoms with E-state index >= 15 is 0 Å². The van der Waals surface area contributed by atoms with E-state index in [0.29, 0.717) is 13.1 Å². The van der Waals surface area contributed by atoms with Crippen molar-refractivity contribution >= 4 is 11.8 Å². The van der Waals surface area contributed by atoms with Gasteiger partial charge in [-0.2, -0.15) is 0 Å². The molecule has 6 heteroatoms. The molecule has 4 N–H and O–H groups in total. The molecule has 0 aromatic rings. The third kappa shape index (κ3) is 2.13. The summed E-state index contributed by atoms with van der Waals surface area (Å²) in [5, 5.41) is 0. The summed E-state index contributed by atoms with van der Waals surface area (Å²) >= 11 is 0. The zero-order valence-electron chi connectivity index (χ0n) is 12.2. The maximum absolute atomic E-state index is 12.6. The highest BCUT2D eigenvalue weighted by atomic mass is 16.5. The molecule has 0 radical (unpaired) electrons. The summed E-state index contributed by atoms with van der Waals surface area (Å²) in [5.41, 5.74) is 10.5. The van der Waals surface area contributed by atoms with Crippen LogP contribution in [0.5, 0.6) is 0 Å². The summed E-state index contributed by atoms with van der Waals surface area (Å²) in [7, 11) is 0. The number of nitrogens with zero attached hydrogens (tertiary/aromatic N) is 1. The summed E-state index contributed by atoms with van der Waals surface area (Å²) in [5.74, 6) is -0.987. The van der Waals surface area contributed by atoms with E-state index in [-0.39, 0.29) is 30.4 Å². The summed E-state index contributed by atoms with van der Waals surface area (Å²) in [4.78, 5) is 26.5. The molecule has 2 saturated heterocycles. The van der Waals surface area contributed by atoms with Crippen molar-refractivity contribution < 1.29 is 14.3 Å². The maximum atomic E-state index is 12.6. The van der Waals surface area contributed by atoms with Crippen molar-refractivity contribution in [1.29, 1.82) is 0 Å².